The number of phenols is 1. The van der Waals surface area contributed by atoms with E-state index < -0.39 is 0 Å². The quantitative estimate of drug-likeness (QED) is 0.876. The van der Waals surface area contributed by atoms with Crippen LogP contribution in [0.25, 0.3) is 0 Å². The van der Waals surface area contributed by atoms with Crippen molar-refractivity contribution in [2.24, 2.45) is 0 Å². The Balaban J connectivity index is 1.89. The third kappa shape index (κ3) is 4.66. The van der Waals surface area contributed by atoms with Crippen molar-refractivity contribution in [2.45, 2.75) is 39.2 Å². The lowest BCUT2D eigenvalue weighted by molar-refractivity contribution is 0.403. The number of aromatic nitrogens is 2. The van der Waals surface area contributed by atoms with Crippen LogP contribution >= 0.6 is 0 Å². The second kappa shape index (κ2) is 6.05. The first-order valence-corrected chi connectivity index (χ1v) is 6.76. The lowest BCUT2D eigenvalue weighted by atomic mass is 10.1. The van der Waals surface area contributed by atoms with Gasteiger partial charge in [-0.2, -0.15) is 0 Å². The van der Waals surface area contributed by atoms with Crippen molar-refractivity contribution in [1.29, 1.82) is 0 Å². The normalized spacial score (nSPS) is 11.8. The van der Waals surface area contributed by atoms with Gasteiger partial charge in [-0.05, 0) is 38.5 Å². The van der Waals surface area contributed by atoms with Gasteiger partial charge < -0.3 is 14.8 Å². The van der Waals surface area contributed by atoms with Crippen LogP contribution < -0.4 is 5.32 Å². The molecule has 0 amide bonds. The van der Waals surface area contributed by atoms with Crippen molar-refractivity contribution < 1.29 is 9.52 Å². The van der Waals surface area contributed by atoms with Gasteiger partial charge in [-0.3, -0.25) is 0 Å². The number of rotatable bonds is 5. The minimum atomic E-state index is 0.0877. The Morgan fingerprint density at radius 2 is 1.95 bits per heavy atom. The van der Waals surface area contributed by atoms with Gasteiger partial charge in [0.1, 0.15) is 5.75 Å². The molecule has 0 fully saturated rings. The molecule has 0 atom stereocenters. The molecule has 0 aliphatic carbocycles. The maximum Gasteiger partial charge on any atom is 0.220 e. The molecule has 0 saturated carbocycles. The number of aromatic hydroxyl groups is 1. The molecule has 2 N–H and O–H groups in total. The Bertz CT molecular complexity index is 558. The molecule has 1 heterocycles. The predicted octanol–water partition coefficient (Wildman–Crippen LogP) is 2.30. The van der Waals surface area contributed by atoms with Gasteiger partial charge in [-0.15, -0.1) is 10.2 Å². The zero-order valence-electron chi connectivity index (χ0n) is 12.2. The van der Waals surface area contributed by atoms with E-state index in [1.807, 2.05) is 6.07 Å². The van der Waals surface area contributed by atoms with Crippen molar-refractivity contribution in [3.05, 3.63) is 41.6 Å². The summed E-state index contributed by atoms with van der Waals surface area (Å²) in [5.41, 5.74) is 1.04. The summed E-state index contributed by atoms with van der Waals surface area (Å²) in [6, 6.07) is 7.06. The van der Waals surface area contributed by atoms with Gasteiger partial charge in [-0.1, -0.05) is 12.1 Å². The molecular weight excluding hydrogens is 254 g/mol. The van der Waals surface area contributed by atoms with Crippen LogP contribution in [0.5, 0.6) is 5.75 Å². The zero-order chi connectivity index (χ0) is 14.6. The van der Waals surface area contributed by atoms with E-state index in [-0.39, 0.29) is 11.3 Å². The first-order chi connectivity index (χ1) is 9.42. The molecule has 0 spiro atoms. The highest BCUT2D eigenvalue weighted by molar-refractivity contribution is 5.28. The molecule has 1 aromatic carbocycles. The molecule has 0 saturated heterocycles. The van der Waals surface area contributed by atoms with Crippen molar-refractivity contribution in [3.63, 3.8) is 0 Å². The van der Waals surface area contributed by atoms with E-state index in [9.17, 15) is 5.11 Å². The van der Waals surface area contributed by atoms with Crippen molar-refractivity contribution >= 4 is 0 Å². The fourth-order valence-electron chi connectivity index (χ4n) is 1.85. The third-order valence-electron chi connectivity index (χ3n) is 2.77. The summed E-state index contributed by atoms with van der Waals surface area (Å²) in [5, 5.41) is 20.9. The average Bonchev–Trinajstić information content (AvgIpc) is 2.75. The molecule has 1 aromatic heterocycles. The third-order valence-corrected chi connectivity index (χ3v) is 2.77. The van der Waals surface area contributed by atoms with Crippen LogP contribution in [0.4, 0.5) is 0 Å². The van der Waals surface area contributed by atoms with E-state index in [0.717, 1.165) is 12.1 Å². The van der Waals surface area contributed by atoms with Crippen LogP contribution in [0.1, 0.15) is 38.1 Å². The largest absolute Gasteiger partial charge is 0.508 e. The van der Waals surface area contributed by atoms with Gasteiger partial charge in [0.25, 0.3) is 0 Å². The molecule has 5 nitrogen and oxygen atoms in total. The number of nitrogens with one attached hydrogen (secondary N) is 1. The fourth-order valence-corrected chi connectivity index (χ4v) is 1.85. The maximum absolute atomic E-state index is 9.41. The number of hydrogen-bond acceptors (Lipinski definition) is 5. The second-order valence-electron chi connectivity index (χ2n) is 5.86. The molecule has 2 rings (SSSR count). The maximum atomic E-state index is 9.41. The molecular formula is C15H21N3O2. The Morgan fingerprint density at radius 3 is 2.65 bits per heavy atom. The molecule has 0 aliphatic heterocycles. The van der Waals surface area contributed by atoms with Gasteiger partial charge in [0, 0.05) is 18.5 Å². The van der Waals surface area contributed by atoms with E-state index >= 15 is 0 Å². The van der Waals surface area contributed by atoms with E-state index in [0.29, 0.717) is 24.6 Å². The highest BCUT2D eigenvalue weighted by Gasteiger charge is 2.11. The summed E-state index contributed by atoms with van der Waals surface area (Å²) in [7, 11) is 0. The average molecular weight is 275 g/mol. The lowest BCUT2D eigenvalue weighted by Gasteiger charge is -2.19. The number of hydrogen-bond donors (Lipinski definition) is 2. The second-order valence-corrected chi connectivity index (χ2v) is 5.86. The van der Waals surface area contributed by atoms with Gasteiger partial charge in [0.05, 0.1) is 6.42 Å². The van der Waals surface area contributed by atoms with Gasteiger partial charge in [-0.25, -0.2) is 0 Å². The van der Waals surface area contributed by atoms with Crippen molar-refractivity contribution in [2.75, 3.05) is 6.54 Å². The minimum absolute atomic E-state index is 0.0877. The molecule has 5 heteroatoms. The Morgan fingerprint density at radius 1 is 1.20 bits per heavy atom. The minimum Gasteiger partial charge on any atom is -0.508 e. The topological polar surface area (TPSA) is 71.2 Å². The standard InChI is InChI=1S/C15H21N3O2/c1-15(2,3)16-8-7-13-17-18-14(20-13)10-11-5-4-6-12(19)9-11/h4-6,9,16,19H,7-8,10H2,1-3H3. The first kappa shape index (κ1) is 14.5. The van der Waals surface area contributed by atoms with Crippen LogP contribution in [-0.4, -0.2) is 27.4 Å². The number of phenolic OH excluding ortho intramolecular Hbond substituents is 1. The van der Waals surface area contributed by atoms with E-state index in [2.05, 4.69) is 36.3 Å². The summed E-state index contributed by atoms with van der Waals surface area (Å²) >= 11 is 0. The summed E-state index contributed by atoms with van der Waals surface area (Å²) in [6.45, 7) is 7.16. The summed E-state index contributed by atoms with van der Waals surface area (Å²) in [5.74, 6) is 1.45. The van der Waals surface area contributed by atoms with E-state index in [1.54, 1.807) is 18.2 Å². The summed E-state index contributed by atoms with van der Waals surface area (Å²) in [4.78, 5) is 0. The molecule has 0 radical (unpaired) electrons. The van der Waals surface area contributed by atoms with Crippen LogP contribution in [0.15, 0.2) is 28.7 Å². The summed E-state index contributed by atoms with van der Waals surface area (Å²) in [6.07, 6.45) is 1.25. The molecule has 0 bridgehead atoms. The van der Waals surface area contributed by atoms with E-state index in [1.165, 1.54) is 0 Å². The van der Waals surface area contributed by atoms with Gasteiger partial charge in [0.15, 0.2) is 0 Å². The molecule has 0 aliphatic rings. The summed E-state index contributed by atoms with van der Waals surface area (Å²) < 4.78 is 5.60. The van der Waals surface area contributed by atoms with Crippen molar-refractivity contribution in [3.8, 4) is 5.75 Å². The van der Waals surface area contributed by atoms with Crippen molar-refractivity contribution in [1.82, 2.24) is 15.5 Å². The van der Waals surface area contributed by atoms with Gasteiger partial charge in [0.2, 0.25) is 11.8 Å². The zero-order valence-corrected chi connectivity index (χ0v) is 12.2. The number of benzene rings is 1. The van der Waals surface area contributed by atoms with Crippen LogP contribution in [0.3, 0.4) is 0 Å². The van der Waals surface area contributed by atoms with Crippen LogP contribution in [0.2, 0.25) is 0 Å². The smallest absolute Gasteiger partial charge is 0.220 e. The highest BCUT2D eigenvalue weighted by Crippen LogP contribution is 2.14. The van der Waals surface area contributed by atoms with Crippen LogP contribution in [-0.2, 0) is 12.8 Å². The van der Waals surface area contributed by atoms with E-state index in [4.69, 9.17) is 4.42 Å². The lowest BCUT2D eigenvalue weighted by Crippen LogP contribution is -2.37. The molecule has 20 heavy (non-hydrogen) atoms. The molecule has 108 valence electrons. The Hall–Kier alpha value is -1.88. The highest BCUT2D eigenvalue weighted by atomic mass is 16.4. The Kier molecular flexibility index (Phi) is 4.39. The monoisotopic (exact) mass is 275 g/mol. The molecule has 0 unspecified atom stereocenters. The predicted molar refractivity (Wildman–Crippen MR) is 76.7 cm³/mol. The Labute approximate surface area is 119 Å². The first-order valence-electron chi connectivity index (χ1n) is 6.76. The van der Waals surface area contributed by atoms with Gasteiger partial charge >= 0.3 is 0 Å². The SMILES string of the molecule is CC(C)(C)NCCc1nnc(Cc2cccc(O)c2)o1. The molecule has 2 aromatic rings. The number of nitrogens with zero attached hydrogens (tertiary/aromatic N) is 2. The fraction of sp³-hybridized carbons (Fsp3) is 0.467. The van der Waals surface area contributed by atoms with Crippen LogP contribution in [0, 0.1) is 0 Å².